The maximum absolute atomic E-state index is 5.99. The van der Waals surface area contributed by atoms with Crippen molar-refractivity contribution in [2.75, 3.05) is 12.4 Å². The summed E-state index contributed by atoms with van der Waals surface area (Å²) in [5.41, 5.74) is 1.75. The zero-order valence-corrected chi connectivity index (χ0v) is 12.4. The molecule has 0 fully saturated rings. The summed E-state index contributed by atoms with van der Waals surface area (Å²) in [6.07, 6.45) is 0.878. The minimum absolute atomic E-state index is 0.171. The lowest BCUT2D eigenvalue weighted by Crippen LogP contribution is -1.99. The number of H-pyrrole nitrogens is 1. The lowest BCUT2D eigenvalue weighted by Gasteiger charge is -2.10. The van der Waals surface area contributed by atoms with Crippen LogP contribution in [0.25, 0.3) is 10.9 Å². The van der Waals surface area contributed by atoms with E-state index in [0.29, 0.717) is 22.9 Å². The van der Waals surface area contributed by atoms with Crippen LogP contribution in [0.4, 0.5) is 11.6 Å². The molecule has 21 heavy (non-hydrogen) atoms. The molecule has 0 spiro atoms. The van der Waals surface area contributed by atoms with Crippen LogP contribution in [0.2, 0.25) is 5.28 Å². The molecule has 3 rings (SSSR count). The van der Waals surface area contributed by atoms with E-state index in [2.05, 4.69) is 32.4 Å². The van der Waals surface area contributed by atoms with E-state index in [1.807, 2.05) is 24.3 Å². The maximum Gasteiger partial charge on any atom is 0.224 e. The minimum atomic E-state index is 0.171. The van der Waals surface area contributed by atoms with Crippen LogP contribution >= 0.6 is 11.6 Å². The van der Waals surface area contributed by atoms with Crippen LogP contribution < -0.4 is 10.1 Å². The van der Waals surface area contributed by atoms with E-state index in [0.717, 1.165) is 17.5 Å². The highest BCUT2D eigenvalue weighted by atomic mass is 35.5. The zero-order valence-electron chi connectivity index (χ0n) is 11.6. The quantitative estimate of drug-likeness (QED) is 0.723. The number of benzene rings is 1. The number of hydrogen-bond donors (Lipinski definition) is 2. The van der Waals surface area contributed by atoms with Crippen LogP contribution in [0, 0.1) is 0 Å². The molecule has 0 aliphatic rings. The maximum atomic E-state index is 5.99. The summed E-state index contributed by atoms with van der Waals surface area (Å²) < 4.78 is 5.38. The van der Waals surface area contributed by atoms with Crippen LogP contribution in [0.3, 0.4) is 0 Å². The van der Waals surface area contributed by atoms with Crippen molar-refractivity contribution in [3.8, 4) is 5.75 Å². The standard InChI is InChI=1S/C14H14ClN5O/c1-3-8-7-11(20-19-8)17-13-12-9(16-14(15)18-13)5-4-6-10(12)21-2/h4-7H,3H2,1-2H3,(H2,16,17,18,19,20). The molecule has 7 heteroatoms. The molecule has 0 amide bonds. The average Bonchev–Trinajstić information content (AvgIpc) is 2.93. The van der Waals surface area contributed by atoms with Gasteiger partial charge in [0.25, 0.3) is 0 Å². The molecule has 0 aliphatic carbocycles. The molecule has 0 atom stereocenters. The summed E-state index contributed by atoms with van der Waals surface area (Å²) in [5, 5.41) is 11.2. The number of fused-ring (bicyclic) bond motifs is 1. The molecule has 2 aromatic heterocycles. The van der Waals surface area contributed by atoms with Gasteiger partial charge in [-0.05, 0) is 30.2 Å². The van der Waals surface area contributed by atoms with Crippen LogP contribution in [-0.2, 0) is 6.42 Å². The second kappa shape index (κ2) is 5.57. The SMILES string of the molecule is CCc1cc(Nc2nc(Cl)nc3cccc(OC)c23)n[nH]1. The molecule has 3 aromatic rings. The van der Waals surface area contributed by atoms with Gasteiger partial charge in [-0.25, -0.2) is 4.98 Å². The lowest BCUT2D eigenvalue weighted by molar-refractivity contribution is 0.420. The Labute approximate surface area is 126 Å². The number of halogens is 1. The number of hydrogen-bond acceptors (Lipinski definition) is 5. The fourth-order valence-corrected chi connectivity index (χ4v) is 2.29. The Kier molecular flexibility index (Phi) is 3.62. The number of aromatic nitrogens is 4. The second-order valence-electron chi connectivity index (χ2n) is 4.45. The van der Waals surface area contributed by atoms with Gasteiger partial charge in [0.15, 0.2) is 5.82 Å². The molecule has 2 N–H and O–H groups in total. The second-order valence-corrected chi connectivity index (χ2v) is 4.79. The Hall–Kier alpha value is -2.34. The van der Waals surface area contributed by atoms with Crippen molar-refractivity contribution < 1.29 is 4.74 Å². The monoisotopic (exact) mass is 303 g/mol. The third-order valence-corrected chi connectivity index (χ3v) is 3.31. The van der Waals surface area contributed by atoms with Gasteiger partial charge in [-0.1, -0.05) is 13.0 Å². The van der Waals surface area contributed by atoms with E-state index in [-0.39, 0.29) is 5.28 Å². The van der Waals surface area contributed by atoms with Gasteiger partial charge in [-0.15, -0.1) is 0 Å². The summed E-state index contributed by atoms with van der Waals surface area (Å²) in [6, 6.07) is 7.50. The van der Waals surface area contributed by atoms with Crippen molar-refractivity contribution in [3.05, 3.63) is 35.2 Å². The van der Waals surface area contributed by atoms with Gasteiger partial charge in [-0.3, -0.25) is 5.10 Å². The van der Waals surface area contributed by atoms with Crippen molar-refractivity contribution in [1.82, 2.24) is 20.2 Å². The van der Waals surface area contributed by atoms with E-state index in [4.69, 9.17) is 16.3 Å². The molecule has 108 valence electrons. The number of ether oxygens (including phenoxy) is 1. The van der Waals surface area contributed by atoms with Gasteiger partial charge >= 0.3 is 0 Å². The Bertz CT molecular complexity index is 786. The number of aromatic amines is 1. The highest BCUT2D eigenvalue weighted by Gasteiger charge is 2.13. The van der Waals surface area contributed by atoms with E-state index >= 15 is 0 Å². The largest absolute Gasteiger partial charge is 0.496 e. The molecule has 2 heterocycles. The molecule has 0 saturated heterocycles. The van der Waals surface area contributed by atoms with Crippen LogP contribution in [0.5, 0.6) is 5.75 Å². The predicted octanol–water partition coefficient (Wildman–Crippen LogP) is 3.32. The van der Waals surface area contributed by atoms with Crippen LogP contribution in [-0.4, -0.2) is 27.3 Å². The minimum Gasteiger partial charge on any atom is -0.496 e. The summed E-state index contributed by atoms with van der Waals surface area (Å²) in [6.45, 7) is 2.05. The highest BCUT2D eigenvalue weighted by molar-refractivity contribution is 6.29. The van der Waals surface area contributed by atoms with E-state index in [9.17, 15) is 0 Å². The van der Waals surface area contributed by atoms with Crippen molar-refractivity contribution >= 4 is 34.1 Å². The molecule has 6 nitrogen and oxygen atoms in total. The first kappa shape index (κ1) is 13.6. The first-order valence-electron chi connectivity index (χ1n) is 6.53. The van der Waals surface area contributed by atoms with Crippen molar-refractivity contribution in [3.63, 3.8) is 0 Å². The Morgan fingerprint density at radius 1 is 1.33 bits per heavy atom. The smallest absolute Gasteiger partial charge is 0.224 e. The van der Waals surface area contributed by atoms with Gasteiger partial charge in [0.1, 0.15) is 11.6 Å². The van der Waals surface area contributed by atoms with Gasteiger partial charge in [0.2, 0.25) is 5.28 Å². The molecular weight excluding hydrogens is 290 g/mol. The Balaban J connectivity index is 2.11. The summed E-state index contributed by atoms with van der Waals surface area (Å²) in [7, 11) is 1.61. The molecule has 0 bridgehead atoms. The summed E-state index contributed by atoms with van der Waals surface area (Å²) in [4.78, 5) is 8.46. The third kappa shape index (κ3) is 2.62. The van der Waals surface area contributed by atoms with Crippen molar-refractivity contribution in [2.45, 2.75) is 13.3 Å². The number of nitrogens with zero attached hydrogens (tertiary/aromatic N) is 3. The van der Waals surface area contributed by atoms with Crippen LogP contribution in [0.1, 0.15) is 12.6 Å². The Morgan fingerprint density at radius 3 is 2.90 bits per heavy atom. The molecule has 0 radical (unpaired) electrons. The van der Waals surface area contributed by atoms with Gasteiger partial charge in [0.05, 0.1) is 18.0 Å². The van der Waals surface area contributed by atoms with Gasteiger partial charge in [0, 0.05) is 11.8 Å². The number of aryl methyl sites for hydroxylation is 1. The first-order chi connectivity index (χ1) is 10.2. The molecule has 1 aromatic carbocycles. The molecule has 0 unspecified atom stereocenters. The van der Waals surface area contributed by atoms with E-state index in [1.54, 1.807) is 7.11 Å². The van der Waals surface area contributed by atoms with Crippen LogP contribution in [0.15, 0.2) is 24.3 Å². The lowest BCUT2D eigenvalue weighted by atomic mass is 10.2. The molecule has 0 saturated carbocycles. The average molecular weight is 304 g/mol. The normalized spacial score (nSPS) is 10.8. The molecular formula is C14H14ClN5O. The van der Waals surface area contributed by atoms with Crippen molar-refractivity contribution in [1.29, 1.82) is 0 Å². The number of rotatable bonds is 4. The van der Waals surface area contributed by atoms with E-state index in [1.165, 1.54) is 0 Å². The first-order valence-corrected chi connectivity index (χ1v) is 6.90. The Morgan fingerprint density at radius 2 is 2.19 bits per heavy atom. The fraction of sp³-hybridized carbons (Fsp3) is 0.214. The summed E-state index contributed by atoms with van der Waals surface area (Å²) in [5.74, 6) is 1.92. The number of methoxy groups -OCH3 is 1. The number of nitrogens with one attached hydrogen (secondary N) is 2. The van der Waals surface area contributed by atoms with Crippen molar-refractivity contribution in [2.24, 2.45) is 0 Å². The van der Waals surface area contributed by atoms with Gasteiger partial charge in [-0.2, -0.15) is 10.1 Å². The third-order valence-electron chi connectivity index (χ3n) is 3.14. The number of anilines is 2. The molecule has 0 aliphatic heterocycles. The van der Waals surface area contributed by atoms with Gasteiger partial charge < -0.3 is 10.1 Å². The predicted molar refractivity (Wildman–Crippen MR) is 82.3 cm³/mol. The fourth-order valence-electron chi connectivity index (χ4n) is 2.11. The zero-order chi connectivity index (χ0) is 14.8. The topological polar surface area (TPSA) is 75.7 Å². The highest BCUT2D eigenvalue weighted by Crippen LogP contribution is 2.32. The van der Waals surface area contributed by atoms with E-state index < -0.39 is 0 Å². The summed E-state index contributed by atoms with van der Waals surface area (Å²) >= 11 is 5.99.